The second-order valence-corrected chi connectivity index (χ2v) is 12.6. The molecule has 1 saturated heterocycles. The summed E-state index contributed by atoms with van der Waals surface area (Å²) in [6, 6.07) is 5.60. The number of sulfonamides is 1. The Bertz CT molecular complexity index is 1220. The number of carbonyl (C=O) groups excluding carboxylic acids is 2. The van der Waals surface area contributed by atoms with E-state index < -0.39 is 27.0 Å². The summed E-state index contributed by atoms with van der Waals surface area (Å²) in [6.07, 6.45) is 7.39. The molecule has 1 N–H and O–H groups in total. The maximum Gasteiger partial charge on any atom is 0.325 e. The molecule has 1 aliphatic heterocycles. The molecular weight excluding hydrogens is 466 g/mol. The van der Waals surface area contributed by atoms with Gasteiger partial charge in [-0.25, -0.2) is 17.5 Å². The van der Waals surface area contributed by atoms with Gasteiger partial charge in [0.05, 0.1) is 12.4 Å². The zero-order valence-corrected chi connectivity index (χ0v) is 21.4. The van der Waals surface area contributed by atoms with Gasteiger partial charge in [0.15, 0.2) is 5.54 Å². The van der Waals surface area contributed by atoms with Crippen LogP contribution in [0.3, 0.4) is 0 Å². The van der Waals surface area contributed by atoms with Gasteiger partial charge in [-0.1, -0.05) is 17.9 Å². The first-order valence-electron chi connectivity index (χ1n) is 12.3. The molecule has 0 aromatic heterocycles. The molecule has 2 spiro atoms. The highest BCUT2D eigenvalue weighted by atomic mass is 32.2. The van der Waals surface area contributed by atoms with Crippen LogP contribution in [-0.2, 0) is 31.5 Å². The van der Waals surface area contributed by atoms with E-state index in [-0.39, 0.29) is 25.1 Å². The van der Waals surface area contributed by atoms with Crippen LogP contribution in [0.25, 0.3) is 0 Å². The van der Waals surface area contributed by atoms with Gasteiger partial charge in [0.1, 0.15) is 0 Å². The lowest BCUT2D eigenvalue weighted by atomic mass is 9.61. The third kappa shape index (κ3) is 4.05. The quantitative estimate of drug-likeness (QED) is 0.495. The lowest BCUT2D eigenvalue weighted by molar-refractivity contribution is -0.138. The molecule has 3 fully saturated rings. The third-order valence-electron chi connectivity index (χ3n) is 8.37. The Morgan fingerprint density at radius 1 is 1.20 bits per heavy atom. The number of imide groups is 1. The minimum atomic E-state index is -3.42. The highest BCUT2D eigenvalue weighted by Crippen LogP contribution is 2.60. The summed E-state index contributed by atoms with van der Waals surface area (Å²) >= 11 is 0. The highest BCUT2D eigenvalue weighted by Gasteiger charge is 2.68. The molecule has 1 aromatic rings. The van der Waals surface area contributed by atoms with Gasteiger partial charge < -0.3 is 10.1 Å². The minimum Gasteiger partial charge on any atom is -0.381 e. The summed E-state index contributed by atoms with van der Waals surface area (Å²) in [5.74, 6) is 6.73. The van der Waals surface area contributed by atoms with Gasteiger partial charge in [-0.05, 0) is 68.2 Å². The van der Waals surface area contributed by atoms with Crippen molar-refractivity contribution < 1.29 is 22.7 Å². The topological polar surface area (TPSA) is 96.0 Å². The Labute approximate surface area is 207 Å². The summed E-state index contributed by atoms with van der Waals surface area (Å²) in [5.41, 5.74) is 1.15. The second-order valence-electron chi connectivity index (χ2n) is 10.5. The average Bonchev–Trinajstić information content (AvgIpc) is 3.57. The van der Waals surface area contributed by atoms with Crippen molar-refractivity contribution in [3.63, 3.8) is 0 Å². The van der Waals surface area contributed by atoms with E-state index in [4.69, 9.17) is 4.74 Å². The van der Waals surface area contributed by atoms with E-state index >= 15 is 0 Å². The highest BCUT2D eigenvalue weighted by molar-refractivity contribution is 7.88. The molecular formula is C26H33N3O5S. The molecule has 3 aliphatic carbocycles. The Balaban J connectivity index is 1.53. The van der Waals surface area contributed by atoms with E-state index in [1.54, 1.807) is 7.11 Å². The number of nitrogens with zero attached hydrogens (tertiary/aromatic N) is 2. The number of methoxy groups -OCH3 is 1. The van der Waals surface area contributed by atoms with Crippen molar-refractivity contribution in [3.8, 4) is 11.8 Å². The number of carbonyl (C=O) groups is 2. The lowest BCUT2D eigenvalue weighted by Gasteiger charge is -2.46. The van der Waals surface area contributed by atoms with Crippen molar-refractivity contribution in [3.05, 3.63) is 34.9 Å². The van der Waals surface area contributed by atoms with Crippen LogP contribution in [0, 0.1) is 23.2 Å². The van der Waals surface area contributed by atoms with Crippen molar-refractivity contribution in [1.82, 2.24) is 14.5 Å². The number of benzene rings is 1. The van der Waals surface area contributed by atoms with Gasteiger partial charge in [-0.2, -0.15) is 0 Å². The summed E-state index contributed by atoms with van der Waals surface area (Å²) in [6.45, 7) is 0.0514. The first kappa shape index (κ1) is 24.3. The van der Waals surface area contributed by atoms with Gasteiger partial charge in [0.25, 0.3) is 5.91 Å². The van der Waals surface area contributed by atoms with Gasteiger partial charge in [0, 0.05) is 44.1 Å². The number of likely N-dealkylation sites (N-methyl/N-ethyl adjacent to an activating group) is 1. The van der Waals surface area contributed by atoms with Gasteiger partial charge in [-0.3, -0.25) is 9.69 Å². The molecule has 8 nitrogen and oxygen atoms in total. The van der Waals surface area contributed by atoms with Gasteiger partial charge in [0.2, 0.25) is 10.0 Å². The zero-order valence-electron chi connectivity index (χ0n) is 20.6. The van der Waals surface area contributed by atoms with Crippen LogP contribution in [0.5, 0.6) is 0 Å². The number of fused-ring (bicyclic) bond motifs is 3. The predicted molar refractivity (Wildman–Crippen MR) is 131 cm³/mol. The first-order valence-corrected chi connectivity index (χ1v) is 14.2. The Hall–Kier alpha value is -2.41. The number of nitrogens with one attached hydrogen (secondary N) is 1. The molecule has 9 heteroatoms. The Morgan fingerprint density at radius 2 is 1.91 bits per heavy atom. The molecule has 35 heavy (non-hydrogen) atoms. The molecule has 0 radical (unpaired) electrons. The summed E-state index contributed by atoms with van der Waals surface area (Å²) in [7, 11) is -0.253. The largest absolute Gasteiger partial charge is 0.381 e. The molecule has 3 amide bonds. The van der Waals surface area contributed by atoms with Crippen LogP contribution in [0.1, 0.15) is 55.2 Å². The SMILES string of the molecule is COC1CCC2(CC1)Cc1ccc(C#CC3CC3)cc1C21NC(=O)N(CCN(C)S(C)(=O)=O)C1=O. The van der Waals surface area contributed by atoms with Crippen molar-refractivity contribution >= 4 is 22.0 Å². The van der Waals surface area contributed by atoms with Crippen LogP contribution in [0.4, 0.5) is 4.79 Å². The normalized spacial score (nSPS) is 30.1. The van der Waals surface area contributed by atoms with Crippen molar-refractivity contribution in [2.75, 3.05) is 33.5 Å². The number of urea groups is 1. The minimum absolute atomic E-state index is 0.00325. The first-order chi connectivity index (χ1) is 16.6. The molecule has 0 bridgehead atoms. The van der Waals surface area contributed by atoms with E-state index in [0.717, 1.165) is 65.8 Å². The van der Waals surface area contributed by atoms with Crippen LogP contribution < -0.4 is 5.32 Å². The smallest absolute Gasteiger partial charge is 0.325 e. The Kier molecular flexibility index (Phi) is 5.98. The summed E-state index contributed by atoms with van der Waals surface area (Å²) in [4.78, 5) is 28.6. The van der Waals surface area contributed by atoms with Crippen molar-refractivity contribution in [1.29, 1.82) is 0 Å². The Morgan fingerprint density at radius 3 is 2.54 bits per heavy atom. The van der Waals surface area contributed by atoms with Crippen molar-refractivity contribution in [2.45, 2.75) is 56.6 Å². The molecule has 1 unspecified atom stereocenters. The maximum absolute atomic E-state index is 14.2. The lowest BCUT2D eigenvalue weighted by Crippen LogP contribution is -2.57. The molecule has 4 aliphatic rings. The molecule has 5 rings (SSSR count). The van der Waals surface area contributed by atoms with Crippen LogP contribution >= 0.6 is 0 Å². The van der Waals surface area contributed by atoms with E-state index in [1.165, 1.54) is 11.9 Å². The standard InChI is InChI=1S/C26H33N3O5S/c1-28(35(3,32)33)14-15-29-23(30)26(27-24(29)31)22-16-19(7-6-18-4-5-18)8-9-20(22)17-25(26)12-10-21(34-2)11-13-25/h8-9,16,18,21H,4-5,10-15,17H2,1-3H3,(H,27,31). The fraction of sp³-hybridized carbons (Fsp3) is 0.615. The van der Waals surface area contributed by atoms with Gasteiger partial charge in [-0.15, -0.1) is 0 Å². The van der Waals surface area contributed by atoms with Gasteiger partial charge >= 0.3 is 6.03 Å². The molecule has 188 valence electrons. The zero-order chi connectivity index (χ0) is 25.0. The fourth-order valence-corrected chi connectivity index (χ4v) is 6.43. The number of ether oxygens (including phenoxy) is 1. The van der Waals surface area contributed by atoms with Crippen LogP contribution in [0.2, 0.25) is 0 Å². The van der Waals surface area contributed by atoms with Crippen LogP contribution in [-0.4, -0.2) is 69.2 Å². The molecule has 1 atom stereocenters. The fourth-order valence-electron chi connectivity index (χ4n) is 6.01. The number of hydrogen-bond donors (Lipinski definition) is 1. The predicted octanol–water partition coefficient (Wildman–Crippen LogP) is 2.22. The summed E-state index contributed by atoms with van der Waals surface area (Å²) < 4.78 is 30.5. The number of hydrogen-bond acceptors (Lipinski definition) is 5. The summed E-state index contributed by atoms with van der Waals surface area (Å²) in [5, 5.41) is 3.13. The van der Waals surface area contributed by atoms with Crippen LogP contribution in [0.15, 0.2) is 18.2 Å². The molecule has 2 saturated carbocycles. The molecule has 1 heterocycles. The molecule has 1 aromatic carbocycles. The van der Waals surface area contributed by atoms with E-state index in [0.29, 0.717) is 12.3 Å². The third-order valence-corrected chi connectivity index (χ3v) is 9.68. The van der Waals surface area contributed by atoms with E-state index in [9.17, 15) is 18.0 Å². The average molecular weight is 500 g/mol. The maximum atomic E-state index is 14.2. The van der Waals surface area contributed by atoms with E-state index in [2.05, 4.69) is 23.2 Å². The number of amides is 3. The van der Waals surface area contributed by atoms with Crippen molar-refractivity contribution in [2.24, 2.45) is 11.3 Å². The second kappa shape index (κ2) is 8.61. The number of rotatable bonds is 5. The van der Waals surface area contributed by atoms with E-state index in [1.807, 2.05) is 12.1 Å². The monoisotopic (exact) mass is 499 g/mol.